The summed E-state index contributed by atoms with van der Waals surface area (Å²) in [7, 11) is 0. The van der Waals surface area contributed by atoms with E-state index in [9.17, 15) is 9.59 Å². The first-order chi connectivity index (χ1) is 14.7. The maximum atomic E-state index is 12.9. The maximum Gasteiger partial charge on any atom is 0.420 e. The number of rotatable bonds is 8. The van der Waals surface area contributed by atoms with E-state index in [2.05, 4.69) is 9.82 Å². The van der Waals surface area contributed by atoms with Crippen LogP contribution in [0.5, 0.6) is 0 Å². The highest BCUT2D eigenvalue weighted by Crippen LogP contribution is 2.30. The van der Waals surface area contributed by atoms with Gasteiger partial charge >= 0.3 is 12.1 Å². The lowest BCUT2D eigenvalue weighted by molar-refractivity contribution is -0.150. The maximum absolute atomic E-state index is 12.9. The summed E-state index contributed by atoms with van der Waals surface area (Å²) in [5.41, 5.74) is 0.707. The molecule has 0 radical (unpaired) electrons. The molecule has 0 unspecified atom stereocenters. The number of nitrogens with zero attached hydrogens (tertiary/aromatic N) is 2. The van der Waals surface area contributed by atoms with E-state index in [1.54, 1.807) is 18.3 Å². The topological polar surface area (TPSA) is 104 Å². The van der Waals surface area contributed by atoms with Crippen molar-refractivity contribution in [3.63, 3.8) is 0 Å². The molecule has 8 nitrogen and oxygen atoms in total. The van der Waals surface area contributed by atoms with Gasteiger partial charge in [0.05, 0.1) is 18.9 Å². The molecule has 1 saturated carbocycles. The lowest BCUT2D eigenvalue weighted by Crippen LogP contribution is -2.30. The Morgan fingerprint density at radius 1 is 0.967 bits per heavy atom. The van der Waals surface area contributed by atoms with Crippen molar-refractivity contribution >= 4 is 23.6 Å². The number of amides is 1. The standard InChI is InChI=1S/C22H27N3O5/c23-30-21(26)16-28-14-17-9-11-18(12-10-17)15-29-22(27)25(19-6-2-1-3-7-19)20-8-4-5-13-24-20/h1-8,13,17-18H,9-12,14-16,23H2/t17-,18-. The van der Waals surface area contributed by atoms with Crippen LogP contribution in [-0.2, 0) is 19.1 Å². The molecule has 1 aliphatic rings. The average Bonchev–Trinajstić information content (AvgIpc) is 2.80. The summed E-state index contributed by atoms with van der Waals surface area (Å²) in [6, 6.07) is 14.8. The van der Waals surface area contributed by atoms with Gasteiger partial charge in [0.25, 0.3) is 0 Å². The highest BCUT2D eigenvalue weighted by molar-refractivity contribution is 5.94. The van der Waals surface area contributed by atoms with Gasteiger partial charge in [-0.3, -0.25) is 0 Å². The Morgan fingerprint density at radius 3 is 2.27 bits per heavy atom. The summed E-state index contributed by atoms with van der Waals surface area (Å²) < 4.78 is 11.0. The van der Waals surface area contributed by atoms with E-state index in [1.807, 2.05) is 36.4 Å². The normalized spacial score (nSPS) is 18.4. The lowest BCUT2D eigenvalue weighted by atomic mass is 9.83. The fourth-order valence-electron chi connectivity index (χ4n) is 3.56. The number of hydrogen-bond donors (Lipinski definition) is 1. The van der Waals surface area contributed by atoms with Gasteiger partial charge in [-0.05, 0) is 61.8 Å². The molecule has 0 aliphatic heterocycles. The summed E-state index contributed by atoms with van der Waals surface area (Å²) >= 11 is 0. The van der Waals surface area contributed by atoms with Crippen molar-refractivity contribution in [1.82, 2.24) is 4.98 Å². The van der Waals surface area contributed by atoms with Crippen molar-refractivity contribution in [2.75, 3.05) is 24.7 Å². The first kappa shape index (κ1) is 21.7. The highest BCUT2D eigenvalue weighted by atomic mass is 16.7. The van der Waals surface area contributed by atoms with Crippen LogP contribution >= 0.6 is 0 Å². The van der Waals surface area contributed by atoms with Crippen molar-refractivity contribution in [2.24, 2.45) is 17.7 Å². The van der Waals surface area contributed by atoms with E-state index < -0.39 is 12.1 Å². The van der Waals surface area contributed by atoms with Crippen LogP contribution in [0.25, 0.3) is 0 Å². The number of hydrogen-bond acceptors (Lipinski definition) is 7. The molecule has 1 fully saturated rings. The Morgan fingerprint density at radius 2 is 1.63 bits per heavy atom. The third kappa shape index (κ3) is 6.27. The SMILES string of the molecule is NOC(=O)COC[C@H]1CC[C@H](COC(=O)N(c2ccccc2)c2ccccn2)CC1. The van der Waals surface area contributed by atoms with Gasteiger partial charge in [0.15, 0.2) is 0 Å². The zero-order chi connectivity index (χ0) is 21.2. The van der Waals surface area contributed by atoms with Gasteiger partial charge in [0.2, 0.25) is 0 Å². The molecule has 2 aromatic rings. The van der Waals surface area contributed by atoms with Crippen molar-refractivity contribution in [1.29, 1.82) is 0 Å². The lowest BCUT2D eigenvalue weighted by Gasteiger charge is -2.29. The summed E-state index contributed by atoms with van der Waals surface area (Å²) in [6.45, 7) is 0.738. The molecule has 1 aromatic heterocycles. The molecular formula is C22H27N3O5. The molecule has 1 aromatic carbocycles. The summed E-state index contributed by atoms with van der Waals surface area (Å²) in [5, 5.41) is 0. The summed E-state index contributed by atoms with van der Waals surface area (Å²) in [5.74, 6) is 5.42. The van der Waals surface area contributed by atoms with Gasteiger partial charge < -0.3 is 14.3 Å². The molecule has 1 amide bonds. The molecule has 1 aliphatic carbocycles. The van der Waals surface area contributed by atoms with Crippen LogP contribution in [0, 0.1) is 11.8 Å². The molecule has 2 N–H and O–H groups in total. The van der Waals surface area contributed by atoms with Crippen LogP contribution in [0.2, 0.25) is 0 Å². The van der Waals surface area contributed by atoms with E-state index in [1.165, 1.54) is 4.90 Å². The average molecular weight is 413 g/mol. The van der Waals surface area contributed by atoms with Gasteiger partial charge in [-0.1, -0.05) is 24.3 Å². The molecule has 0 bridgehead atoms. The Kier molecular flexibility index (Phi) is 8.17. The van der Waals surface area contributed by atoms with E-state index in [4.69, 9.17) is 15.4 Å². The van der Waals surface area contributed by atoms with E-state index >= 15 is 0 Å². The minimum absolute atomic E-state index is 0.128. The summed E-state index contributed by atoms with van der Waals surface area (Å²) in [4.78, 5) is 33.7. The number of pyridine rings is 1. The molecule has 160 valence electrons. The van der Waals surface area contributed by atoms with Gasteiger partial charge in [0.1, 0.15) is 12.4 Å². The van der Waals surface area contributed by atoms with Crippen LogP contribution in [-0.4, -0.2) is 36.9 Å². The van der Waals surface area contributed by atoms with Gasteiger partial charge in [0, 0.05) is 6.20 Å². The number of para-hydroxylation sites is 1. The number of carbonyl (C=O) groups is 2. The second-order valence-electron chi connectivity index (χ2n) is 7.33. The van der Waals surface area contributed by atoms with Crippen LogP contribution in [0.15, 0.2) is 54.7 Å². The third-order valence-electron chi connectivity index (χ3n) is 5.19. The zero-order valence-electron chi connectivity index (χ0n) is 16.8. The van der Waals surface area contributed by atoms with Crippen LogP contribution in [0.4, 0.5) is 16.3 Å². The van der Waals surface area contributed by atoms with Crippen LogP contribution in [0.3, 0.4) is 0 Å². The molecular weight excluding hydrogens is 386 g/mol. The predicted octanol–water partition coefficient (Wildman–Crippen LogP) is 3.60. The van der Waals surface area contributed by atoms with Gasteiger partial charge in [-0.2, -0.15) is 5.90 Å². The Labute approximate surface area is 175 Å². The number of ether oxygens (including phenoxy) is 2. The second-order valence-corrected chi connectivity index (χ2v) is 7.33. The first-order valence-corrected chi connectivity index (χ1v) is 10.1. The Bertz CT molecular complexity index is 755. The molecule has 3 rings (SSSR count). The minimum Gasteiger partial charge on any atom is -0.449 e. The fourth-order valence-corrected chi connectivity index (χ4v) is 3.56. The smallest absolute Gasteiger partial charge is 0.420 e. The van der Waals surface area contributed by atoms with E-state index in [0.717, 1.165) is 25.7 Å². The molecule has 0 spiro atoms. The number of nitrogens with two attached hydrogens (primary N) is 1. The van der Waals surface area contributed by atoms with Gasteiger partial charge in [-0.25, -0.2) is 19.5 Å². The molecule has 0 saturated heterocycles. The van der Waals surface area contributed by atoms with Crippen molar-refractivity contribution in [2.45, 2.75) is 25.7 Å². The highest BCUT2D eigenvalue weighted by Gasteiger charge is 2.25. The van der Waals surface area contributed by atoms with Crippen molar-refractivity contribution in [3.8, 4) is 0 Å². The second kappa shape index (κ2) is 11.3. The monoisotopic (exact) mass is 413 g/mol. The minimum atomic E-state index is -0.577. The van der Waals surface area contributed by atoms with Crippen LogP contribution < -0.4 is 10.8 Å². The quantitative estimate of drug-likeness (QED) is 0.659. The molecule has 0 atom stereocenters. The van der Waals surface area contributed by atoms with Crippen molar-refractivity contribution in [3.05, 3.63) is 54.7 Å². The third-order valence-corrected chi connectivity index (χ3v) is 5.19. The molecule has 30 heavy (non-hydrogen) atoms. The fraction of sp³-hybridized carbons (Fsp3) is 0.409. The molecule has 1 heterocycles. The van der Waals surface area contributed by atoms with E-state index in [0.29, 0.717) is 36.6 Å². The van der Waals surface area contributed by atoms with Gasteiger partial charge in [-0.15, -0.1) is 0 Å². The zero-order valence-corrected chi connectivity index (χ0v) is 16.8. The first-order valence-electron chi connectivity index (χ1n) is 10.1. The number of benzene rings is 1. The summed E-state index contributed by atoms with van der Waals surface area (Å²) in [6.07, 6.45) is 5.01. The Hall–Kier alpha value is -2.97. The largest absolute Gasteiger partial charge is 0.449 e. The predicted molar refractivity (Wildman–Crippen MR) is 111 cm³/mol. The Balaban J connectivity index is 1.49. The number of aromatic nitrogens is 1. The van der Waals surface area contributed by atoms with E-state index in [-0.39, 0.29) is 6.61 Å². The number of carbonyl (C=O) groups excluding carboxylic acids is 2. The number of anilines is 2. The van der Waals surface area contributed by atoms with Crippen molar-refractivity contribution < 1.29 is 23.9 Å². The van der Waals surface area contributed by atoms with Crippen LogP contribution in [0.1, 0.15) is 25.7 Å². The molecule has 8 heteroatoms.